The Bertz CT molecular complexity index is 505. The number of hydrogen-bond donors (Lipinski definition) is 0. The van der Waals surface area contributed by atoms with Gasteiger partial charge in [0.2, 0.25) is 5.88 Å². The third kappa shape index (κ3) is 2.55. The Hall–Kier alpha value is -2.41. The third-order valence-corrected chi connectivity index (χ3v) is 1.96. The summed E-state index contributed by atoms with van der Waals surface area (Å²) in [6.07, 6.45) is 3.25. The number of rotatable bonds is 3. The summed E-state index contributed by atoms with van der Waals surface area (Å²) in [7, 11) is 0. The van der Waals surface area contributed by atoms with E-state index < -0.39 is 0 Å². The molecule has 78 valence electrons. The maximum Gasteiger partial charge on any atom is 0.214 e. The molecule has 16 heavy (non-hydrogen) atoms. The number of nitriles is 1. The largest absolute Gasteiger partial charge is 0.471 e. The molecule has 0 aliphatic carbocycles. The van der Waals surface area contributed by atoms with Crippen molar-refractivity contribution in [2.24, 2.45) is 0 Å². The fraction of sp³-hybridized carbons (Fsp3) is 0.0833. The van der Waals surface area contributed by atoms with Crippen molar-refractivity contribution in [2.75, 3.05) is 0 Å². The van der Waals surface area contributed by atoms with E-state index in [2.05, 4.69) is 9.97 Å². The van der Waals surface area contributed by atoms with E-state index in [0.29, 0.717) is 18.1 Å². The van der Waals surface area contributed by atoms with Crippen LogP contribution in [0, 0.1) is 11.3 Å². The smallest absolute Gasteiger partial charge is 0.214 e. The quantitative estimate of drug-likeness (QED) is 0.778. The standard InChI is InChI=1S/C12H9N3O/c13-8-10-4-6-15-12(7-10)16-9-11-3-1-2-5-14-11/h1-7H,9H2. The lowest BCUT2D eigenvalue weighted by molar-refractivity contribution is 0.289. The van der Waals surface area contributed by atoms with Crippen molar-refractivity contribution in [3.8, 4) is 11.9 Å². The highest BCUT2D eigenvalue weighted by Gasteiger charge is 1.98. The lowest BCUT2D eigenvalue weighted by atomic mass is 10.3. The summed E-state index contributed by atoms with van der Waals surface area (Å²) in [5.41, 5.74) is 1.36. The molecule has 0 bridgehead atoms. The Balaban J connectivity index is 2.03. The van der Waals surface area contributed by atoms with Gasteiger partial charge in [0.15, 0.2) is 0 Å². The van der Waals surface area contributed by atoms with Gasteiger partial charge in [-0.25, -0.2) is 4.98 Å². The molecule has 0 aliphatic rings. The Labute approximate surface area is 93.2 Å². The highest BCUT2D eigenvalue weighted by molar-refractivity contribution is 5.31. The van der Waals surface area contributed by atoms with Crippen molar-refractivity contribution in [3.05, 3.63) is 54.0 Å². The third-order valence-electron chi connectivity index (χ3n) is 1.96. The van der Waals surface area contributed by atoms with Crippen LogP contribution in [0.4, 0.5) is 0 Å². The summed E-state index contributed by atoms with van der Waals surface area (Å²) >= 11 is 0. The molecule has 0 radical (unpaired) electrons. The molecular formula is C12H9N3O. The minimum atomic E-state index is 0.350. The van der Waals surface area contributed by atoms with Gasteiger partial charge in [-0.15, -0.1) is 0 Å². The lowest BCUT2D eigenvalue weighted by Crippen LogP contribution is -1.99. The average molecular weight is 211 g/mol. The first-order chi connectivity index (χ1) is 7.88. The summed E-state index contributed by atoms with van der Waals surface area (Å²) < 4.78 is 5.41. The van der Waals surface area contributed by atoms with Gasteiger partial charge < -0.3 is 4.74 Å². The first kappa shape index (κ1) is 10.1. The molecule has 2 rings (SSSR count). The highest BCUT2D eigenvalue weighted by atomic mass is 16.5. The SMILES string of the molecule is N#Cc1ccnc(OCc2ccccn2)c1. The Morgan fingerprint density at radius 2 is 2.12 bits per heavy atom. The molecule has 2 aromatic heterocycles. The fourth-order valence-corrected chi connectivity index (χ4v) is 1.19. The van der Waals surface area contributed by atoms with E-state index in [9.17, 15) is 0 Å². The normalized spacial score (nSPS) is 9.44. The maximum absolute atomic E-state index is 8.70. The number of pyridine rings is 2. The molecule has 0 spiro atoms. The minimum absolute atomic E-state index is 0.350. The van der Waals surface area contributed by atoms with Gasteiger partial charge in [0.05, 0.1) is 17.3 Å². The van der Waals surface area contributed by atoms with Crippen LogP contribution >= 0.6 is 0 Å². The van der Waals surface area contributed by atoms with E-state index in [1.165, 1.54) is 0 Å². The molecule has 0 amide bonds. The van der Waals surface area contributed by atoms with E-state index >= 15 is 0 Å². The summed E-state index contributed by atoms with van der Waals surface area (Å²) in [5, 5.41) is 8.70. The molecule has 0 N–H and O–H groups in total. The molecule has 4 nitrogen and oxygen atoms in total. The molecule has 2 heterocycles. The van der Waals surface area contributed by atoms with Crippen LogP contribution in [0.2, 0.25) is 0 Å². The fourth-order valence-electron chi connectivity index (χ4n) is 1.19. The molecule has 4 heteroatoms. The molecule has 0 aliphatic heterocycles. The molecule has 0 fully saturated rings. The van der Waals surface area contributed by atoms with Crippen LogP contribution in [0.15, 0.2) is 42.7 Å². The van der Waals surface area contributed by atoms with Crippen LogP contribution in [0.3, 0.4) is 0 Å². The van der Waals surface area contributed by atoms with Gasteiger partial charge in [-0.2, -0.15) is 5.26 Å². The van der Waals surface area contributed by atoms with Crippen molar-refractivity contribution in [3.63, 3.8) is 0 Å². The van der Waals surface area contributed by atoms with E-state index in [0.717, 1.165) is 5.69 Å². The molecule has 0 unspecified atom stereocenters. The van der Waals surface area contributed by atoms with Crippen molar-refractivity contribution in [1.82, 2.24) is 9.97 Å². The topological polar surface area (TPSA) is 58.8 Å². The van der Waals surface area contributed by atoms with E-state index in [-0.39, 0.29) is 0 Å². The summed E-state index contributed by atoms with van der Waals surface area (Å²) in [4.78, 5) is 8.12. The first-order valence-electron chi connectivity index (χ1n) is 4.77. The van der Waals surface area contributed by atoms with Gasteiger partial charge in [-0.05, 0) is 18.2 Å². The zero-order valence-electron chi connectivity index (χ0n) is 8.50. The molecule has 0 saturated heterocycles. The molecule has 2 aromatic rings. The zero-order valence-corrected chi connectivity index (χ0v) is 8.50. The number of aromatic nitrogens is 2. The second kappa shape index (κ2) is 4.89. The minimum Gasteiger partial charge on any atom is -0.471 e. The van der Waals surface area contributed by atoms with Crippen LogP contribution in [0.25, 0.3) is 0 Å². The Morgan fingerprint density at radius 1 is 1.19 bits per heavy atom. The molecule has 0 atom stereocenters. The second-order valence-electron chi connectivity index (χ2n) is 3.10. The van der Waals surface area contributed by atoms with Gasteiger partial charge >= 0.3 is 0 Å². The van der Waals surface area contributed by atoms with Crippen LogP contribution < -0.4 is 4.74 Å². The van der Waals surface area contributed by atoms with E-state index in [1.54, 1.807) is 24.5 Å². The summed E-state index contributed by atoms with van der Waals surface area (Å²) in [5.74, 6) is 0.435. The first-order valence-corrected chi connectivity index (χ1v) is 4.77. The highest BCUT2D eigenvalue weighted by Crippen LogP contribution is 2.09. The van der Waals surface area contributed by atoms with Crippen molar-refractivity contribution in [2.45, 2.75) is 6.61 Å². The van der Waals surface area contributed by atoms with Crippen molar-refractivity contribution in [1.29, 1.82) is 5.26 Å². The second-order valence-corrected chi connectivity index (χ2v) is 3.10. The van der Waals surface area contributed by atoms with Gasteiger partial charge in [0, 0.05) is 18.5 Å². The lowest BCUT2D eigenvalue weighted by Gasteiger charge is -2.03. The number of nitrogens with zero attached hydrogens (tertiary/aromatic N) is 3. The summed E-state index contributed by atoms with van der Waals surface area (Å²) in [6.45, 7) is 0.350. The van der Waals surface area contributed by atoms with Crippen LogP contribution in [0.5, 0.6) is 5.88 Å². The predicted molar refractivity (Wildman–Crippen MR) is 57.5 cm³/mol. The number of hydrogen-bond acceptors (Lipinski definition) is 4. The zero-order chi connectivity index (χ0) is 11.2. The van der Waals surface area contributed by atoms with Crippen LogP contribution in [-0.2, 0) is 6.61 Å². The molecular weight excluding hydrogens is 202 g/mol. The van der Waals surface area contributed by atoms with Gasteiger partial charge in [-0.1, -0.05) is 6.07 Å². The van der Waals surface area contributed by atoms with E-state index in [4.69, 9.17) is 10.00 Å². The van der Waals surface area contributed by atoms with Gasteiger partial charge in [0.1, 0.15) is 6.61 Å². The molecule has 0 saturated carbocycles. The van der Waals surface area contributed by atoms with E-state index in [1.807, 2.05) is 24.3 Å². The maximum atomic E-state index is 8.70. The Kier molecular flexibility index (Phi) is 3.10. The summed E-state index contributed by atoms with van der Waals surface area (Å²) in [6, 6.07) is 10.9. The van der Waals surface area contributed by atoms with Crippen LogP contribution in [-0.4, -0.2) is 9.97 Å². The van der Waals surface area contributed by atoms with Crippen molar-refractivity contribution >= 4 is 0 Å². The van der Waals surface area contributed by atoms with Gasteiger partial charge in [-0.3, -0.25) is 4.98 Å². The van der Waals surface area contributed by atoms with Gasteiger partial charge in [0.25, 0.3) is 0 Å². The predicted octanol–water partition coefficient (Wildman–Crippen LogP) is 1.93. The monoisotopic (exact) mass is 211 g/mol. The number of ether oxygens (including phenoxy) is 1. The Morgan fingerprint density at radius 3 is 2.88 bits per heavy atom. The average Bonchev–Trinajstić information content (AvgIpc) is 2.38. The molecule has 0 aromatic carbocycles. The van der Waals surface area contributed by atoms with Crippen LogP contribution in [0.1, 0.15) is 11.3 Å². The van der Waals surface area contributed by atoms with Crippen molar-refractivity contribution < 1.29 is 4.74 Å².